The highest BCUT2D eigenvalue weighted by Crippen LogP contribution is 2.23. The third-order valence-corrected chi connectivity index (χ3v) is 4.73. The van der Waals surface area contributed by atoms with Crippen LogP contribution in [0.3, 0.4) is 0 Å². The molecule has 7 nitrogen and oxygen atoms in total. The lowest BCUT2D eigenvalue weighted by molar-refractivity contribution is 0.385. The molecule has 3 aromatic rings. The summed E-state index contributed by atoms with van der Waals surface area (Å²) in [6.45, 7) is 12.3. The van der Waals surface area contributed by atoms with E-state index in [1.807, 2.05) is 34.8 Å². The van der Waals surface area contributed by atoms with E-state index in [1.165, 1.54) is 0 Å². The number of hydrogen-bond donors (Lipinski definition) is 1. The Morgan fingerprint density at radius 1 is 1.19 bits per heavy atom. The molecule has 0 amide bonds. The molecule has 0 saturated heterocycles. The Bertz CT molecular complexity index is 1060. The first kappa shape index (κ1) is 22.6. The van der Waals surface area contributed by atoms with Crippen molar-refractivity contribution in [2.24, 2.45) is 11.3 Å². The Kier molecular flexibility index (Phi) is 6.81. The van der Waals surface area contributed by atoms with Crippen LogP contribution in [0.25, 0.3) is 5.65 Å². The standard InChI is InChI=1S/C24H32N6O/c1-17(2)11-19-12-22-27-20(14-25)13-23(30(22)28-19)29(16-24(3,4)5)26-15-18-7-9-21(31-6)10-8-18/h7-10,12-13,17,26H,11,15-16H2,1-6H3. The van der Waals surface area contributed by atoms with Gasteiger partial charge in [-0.15, -0.1) is 0 Å². The lowest BCUT2D eigenvalue weighted by Gasteiger charge is -2.32. The third kappa shape index (κ3) is 5.96. The van der Waals surface area contributed by atoms with Crippen LogP contribution in [0, 0.1) is 22.7 Å². The van der Waals surface area contributed by atoms with Gasteiger partial charge in [0.2, 0.25) is 0 Å². The van der Waals surface area contributed by atoms with Crippen LogP contribution in [-0.4, -0.2) is 28.3 Å². The number of anilines is 1. The summed E-state index contributed by atoms with van der Waals surface area (Å²) in [5.74, 6) is 2.13. The molecule has 0 spiro atoms. The highest BCUT2D eigenvalue weighted by atomic mass is 16.5. The second kappa shape index (κ2) is 9.36. The van der Waals surface area contributed by atoms with Crippen LogP contribution in [0.4, 0.5) is 5.82 Å². The molecule has 0 fully saturated rings. The van der Waals surface area contributed by atoms with E-state index in [4.69, 9.17) is 9.84 Å². The van der Waals surface area contributed by atoms with Crippen molar-refractivity contribution < 1.29 is 4.74 Å². The van der Waals surface area contributed by atoms with Crippen LogP contribution in [-0.2, 0) is 13.0 Å². The minimum atomic E-state index is 0.0171. The molecule has 0 aliphatic heterocycles. The topological polar surface area (TPSA) is 78.5 Å². The Morgan fingerprint density at radius 2 is 1.90 bits per heavy atom. The normalized spacial score (nSPS) is 11.7. The van der Waals surface area contributed by atoms with E-state index in [2.05, 4.69) is 56.1 Å². The number of nitriles is 1. The number of nitrogens with one attached hydrogen (secondary N) is 1. The molecule has 0 unspecified atom stereocenters. The number of fused-ring (bicyclic) bond motifs is 1. The molecule has 1 N–H and O–H groups in total. The van der Waals surface area contributed by atoms with Gasteiger partial charge >= 0.3 is 0 Å². The van der Waals surface area contributed by atoms with E-state index in [9.17, 15) is 5.26 Å². The van der Waals surface area contributed by atoms with E-state index in [0.29, 0.717) is 23.8 Å². The molecule has 0 aliphatic carbocycles. The molecule has 1 aromatic carbocycles. The first-order valence-electron chi connectivity index (χ1n) is 10.6. The quantitative estimate of drug-likeness (QED) is 0.545. The SMILES string of the molecule is COc1ccc(CNN(CC(C)(C)C)c2cc(C#N)nc3cc(CC(C)C)nn23)cc1. The number of benzene rings is 1. The maximum Gasteiger partial charge on any atom is 0.159 e. The van der Waals surface area contributed by atoms with Crippen LogP contribution in [0.2, 0.25) is 0 Å². The van der Waals surface area contributed by atoms with E-state index in [1.54, 1.807) is 13.2 Å². The summed E-state index contributed by atoms with van der Waals surface area (Å²) >= 11 is 0. The van der Waals surface area contributed by atoms with E-state index >= 15 is 0 Å². The van der Waals surface area contributed by atoms with E-state index < -0.39 is 0 Å². The number of hydrogen-bond acceptors (Lipinski definition) is 6. The minimum Gasteiger partial charge on any atom is -0.497 e. The van der Waals surface area contributed by atoms with Gasteiger partial charge in [-0.05, 0) is 35.4 Å². The van der Waals surface area contributed by atoms with Gasteiger partial charge in [0, 0.05) is 25.2 Å². The third-order valence-electron chi connectivity index (χ3n) is 4.73. The zero-order chi connectivity index (χ0) is 22.6. The van der Waals surface area contributed by atoms with Crippen LogP contribution in [0.5, 0.6) is 5.75 Å². The van der Waals surface area contributed by atoms with Crippen molar-refractivity contribution in [3.63, 3.8) is 0 Å². The second-order valence-corrected chi connectivity index (χ2v) is 9.44. The Labute approximate surface area is 184 Å². The van der Waals surface area contributed by atoms with Crippen LogP contribution in [0.15, 0.2) is 36.4 Å². The first-order valence-corrected chi connectivity index (χ1v) is 10.6. The smallest absolute Gasteiger partial charge is 0.159 e. The Balaban J connectivity index is 1.98. The molecule has 164 valence electrons. The summed E-state index contributed by atoms with van der Waals surface area (Å²) in [5, 5.41) is 16.4. The van der Waals surface area contributed by atoms with E-state index in [-0.39, 0.29) is 5.41 Å². The van der Waals surface area contributed by atoms with Gasteiger partial charge in [-0.3, -0.25) is 5.01 Å². The second-order valence-electron chi connectivity index (χ2n) is 9.44. The van der Waals surface area contributed by atoms with Gasteiger partial charge in [0.1, 0.15) is 23.3 Å². The number of hydrazine groups is 1. The average Bonchev–Trinajstić information content (AvgIpc) is 3.11. The molecule has 31 heavy (non-hydrogen) atoms. The maximum absolute atomic E-state index is 9.55. The fourth-order valence-corrected chi connectivity index (χ4v) is 3.40. The van der Waals surface area contributed by atoms with Gasteiger partial charge in [0.25, 0.3) is 0 Å². The van der Waals surface area contributed by atoms with Crippen molar-refractivity contribution in [1.29, 1.82) is 5.26 Å². The summed E-state index contributed by atoms with van der Waals surface area (Å²) in [5.41, 5.74) is 6.73. The molecule has 7 heteroatoms. The summed E-state index contributed by atoms with van der Waals surface area (Å²) in [6.07, 6.45) is 0.864. The van der Waals surface area contributed by atoms with Crippen molar-refractivity contribution in [1.82, 2.24) is 20.0 Å². The highest BCUT2D eigenvalue weighted by molar-refractivity contribution is 5.54. The molecule has 0 radical (unpaired) electrons. The molecule has 0 saturated carbocycles. The molecule has 2 heterocycles. The summed E-state index contributed by atoms with van der Waals surface area (Å²) in [6, 6.07) is 14.0. The zero-order valence-corrected chi connectivity index (χ0v) is 19.3. The van der Waals surface area contributed by atoms with Crippen molar-refractivity contribution in [3.8, 4) is 11.8 Å². The summed E-state index contributed by atoms with van der Waals surface area (Å²) in [7, 11) is 1.66. The van der Waals surface area contributed by atoms with Gasteiger partial charge in [0.15, 0.2) is 5.65 Å². The van der Waals surface area contributed by atoms with Gasteiger partial charge in [-0.2, -0.15) is 14.9 Å². The van der Waals surface area contributed by atoms with E-state index in [0.717, 1.165) is 35.8 Å². The predicted octanol–water partition coefficient (Wildman–Crippen LogP) is 4.37. The first-order chi connectivity index (χ1) is 14.7. The molecule has 0 atom stereocenters. The summed E-state index contributed by atoms with van der Waals surface area (Å²) < 4.78 is 7.09. The summed E-state index contributed by atoms with van der Waals surface area (Å²) in [4.78, 5) is 4.47. The lowest BCUT2D eigenvalue weighted by atomic mass is 9.96. The van der Waals surface area contributed by atoms with Gasteiger partial charge in [-0.1, -0.05) is 46.8 Å². The monoisotopic (exact) mass is 420 g/mol. The molecule has 3 rings (SSSR count). The molecular formula is C24H32N6O. The number of ether oxygens (including phenoxy) is 1. The highest BCUT2D eigenvalue weighted by Gasteiger charge is 2.21. The fraction of sp³-hybridized carbons (Fsp3) is 0.458. The fourth-order valence-electron chi connectivity index (χ4n) is 3.40. The molecule has 0 bridgehead atoms. The van der Waals surface area contributed by atoms with Crippen molar-refractivity contribution >= 4 is 11.5 Å². The maximum atomic E-state index is 9.55. The van der Waals surface area contributed by atoms with Crippen LogP contribution in [0.1, 0.15) is 51.6 Å². The number of methoxy groups -OCH3 is 1. The molecule has 0 aliphatic rings. The Morgan fingerprint density at radius 3 is 2.48 bits per heavy atom. The van der Waals surface area contributed by atoms with Crippen molar-refractivity contribution in [3.05, 3.63) is 53.3 Å². The van der Waals surface area contributed by atoms with Gasteiger partial charge in [-0.25, -0.2) is 10.4 Å². The molecular weight excluding hydrogens is 388 g/mol. The predicted molar refractivity (Wildman–Crippen MR) is 123 cm³/mol. The zero-order valence-electron chi connectivity index (χ0n) is 19.3. The minimum absolute atomic E-state index is 0.0171. The number of aromatic nitrogens is 3. The Hall–Kier alpha value is -3.11. The van der Waals surface area contributed by atoms with Crippen LogP contribution >= 0.6 is 0 Å². The molecule has 2 aromatic heterocycles. The van der Waals surface area contributed by atoms with Crippen LogP contribution < -0.4 is 15.2 Å². The average molecular weight is 421 g/mol. The lowest BCUT2D eigenvalue weighted by Crippen LogP contribution is -2.44. The number of rotatable bonds is 8. The number of nitrogens with zero attached hydrogens (tertiary/aromatic N) is 5. The van der Waals surface area contributed by atoms with Gasteiger partial charge in [0.05, 0.1) is 12.8 Å². The largest absolute Gasteiger partial charge is 0.497 e. The van der Waals surface area contributed by atoms with Crippen molar-refractivity contribution in [2.45, 2.75) is 47.6 Å². The van der Waals surface area contributed by atoms with Gasteiger partial charge < -0.3 is 4.74 Å². The van der Waals surface area contributed by atoms with Crippen molar-refractivity contribution in [2.75, 3.05) is 18.7 Å².